The Morgan fingerprint density at radius 1 is 1.30 bits per heavy atom. The van der Waals surface area contributed by atoms with Gasteiger partial charge in [-0.05, 0) is 18.2 Å². The van der Waals surface area contributed by atoms with Crippen LogP contribution >= 0.6 is 0 Å². The molecule has 7 nitrogen and oxygen atoms in total. The van der Waals surface area contributed by atoms with E-state index in [1.54, 1.807) is 29.4 Å². The van der Waals surface area contributed by atoms with Crippen molar-refractivity contribution < 1.29 is 13.2 Å². The van der Waals surface area contributed by atoms with Crippen LogP contribution in [-0.4, -0.2) is 78.9 Å². The lowest BCUT2D eigenvalue weighted by molar-refractivity contribution is -0.133. The molecule has 1 aliphatic rings. The van der Waals surface area contributed by atoms with Crippen LogP contribution in [0.1, 0.15) is 12.5 Å². The van der Waals surface area contributed by atoms with E-state index in [0.717, 1.165) is 31.5 Å². The summed E-state index contributed by atoms with van der Waals surface area (Å²) in [4.78, 5) is 20.4. The van der Waals surface area contributed by atoms with E-state index in [1.165, 1.54) is 4.31 Å². The van der Waals surface area contributed by atoms with Gasteiger partial charge in [0.05, 0.1) is 12.8 Å². The van der Waals surface area contributed by atoms with Crippen molar-refractivity contribution in [2.75, 3.05) is 45.5 Å². The molecule has 1 aromatic heterocycles. The van der Waals surface area contributed by atoms with Crippen LogP contribution in [0.2, 0.25) is 0 Å². The summed E-state index contributed by atoms with van der Waals surface area (Å²) in [6.07, 6.45) is 4.38. The molecule has 2 rings (SSSR count). The van der Waals surface area contributed by atoms with Crippen molar-refractivity contribution in [3.63, 3.8) is 0 Å². The first-order valence-electron chi connectivity index (χ1n) is 7.74. The molecule has 1 amide bonds. The number of sulfonamides is 1. The van der Waals surface area contributed by atoms with E-state index in [9.17, 15) is 13.2 Å². The number of pyridine rings is 1. The van der Waals surface area contributed by atoms with Gasteiger partial charge in [0.15, 0.2) is 0 Å². The topological polar surface area (TPSA) is 73.8 Å². The first kappa shape index (κ1) is 17.8. The molecule has 2 heterocycles. The number of nitrogens with zero attached hydrogens (tertiary/aromatic N) is 4. The summed E-state index contributed by atoms with van der Waals surface area (Å²) in [5.41, 5.74) is 0.765. The van der Waals surface area contributed by atoms with Gasteiger partial charge in [0.2, 0.25) is 15.9 Å². The number of hydrogen-bond donors (Lipinski definition) is 0. The van der Waals surface area contributed by atoms with E-state index >= 15 is 0 Å². The molecule has 0 aliphatic carbocycles. The molecule has 1 aliphatic heterocycles. The van der Waals surface area contributed by atoms with E-state index in [-0.39, 0.29) is 19.0 Å². The Morgan fingerprint density at radius 3 is 2.52 bits per heavy atom. The SMILES string of the molecule is CCN1CCN(C(=O)CN(Cc2cccnc2)S(C)(=O)=O)CC1. The van der Waals surface area contributed by atoms with Crippen LogP contribution in [-0.2, 0) is 21.4 Å². The molecule has 1 aromatic rings. The highest BCUT2D eigenvalue weighted by Crippen LogP contribution is 2.09. The Labute approximate surface area is 137 Å². The van der Waals surface area contributed by atoms with E-state index < -0.39 is 10.0 Å². The Morgan fingerprint density at radius 2 is 2.00 bits per heavy atom. The molecule has 0 saturated carbocycles. The summed E-state index contributed by atoms with van der Waals surface area (Å²) in [6.45, 7) is 6.07. The summed E-state index contributed by atoms with van der Waals surface area (Å²) in [6, 6.07) is 3.55. The lowest BCUT2D eigenvalue weighted by atomic mass is 10.3. The molecule has 0 bridgehead atoms. The highest BCUT2D eigenvalue weighted by molar-refractivity contribution is 7.88. The van der Waals surface area contributed by atoms with Gasteiger partial charge in [-0.2, -0.15) is 4.31 Å². The monoisotopic (exact) mass is 340 g/mol. The predicted octanol–water partition coefficient (Wildman–Crippen LogP) is 0.00730. The zero-order valence-electron chi connectivity index (χ0n) is 13.7. The predicted molar refractivity (Wildman–Crippen MR) is 88.2 cm³/mol. The van der Waals surface area contributed by atoms with Crippen LogP contribution in [0.15, 0.2) is 24.5 Å². The van der Waals surface area contributed by atoms with Crippen LogP contribution in [0.3, 0.4) is 0 Å². The lowest BCUT2D eigenvalue weighted by Gasteiger charge is -2.35. The number of carbonyl (C=O) groups excluding carboxylic acids is 1. The maximum Gasteiger partial charge on any atom is 0.237 e. The van der Waals surface area contributed by atoms with Gasteiger partial charge in [-0.25, -0.2) is 8.42 Å². The van der Waals surface area contributed by atoms with Gasteiger partial charge in [0, 0.05) is 45.1 Å². The molecule has 23 heavy (non-hydrogen) atoms. The molecule has 0 spiro atoms. The Hall–Kier alpha value is -1.51. The zero-order chi connectivity index (χ0) is 16.9. The normalized spacial score (nSPS) is 16.7. The number of piperazine rings is 1. The fourth-order valence-electron chi connectivity index (χ4n) is 2.55. The van der Waals surface area contributed by atoms with Crippen molar-refractivity contribution in [2.45, 2.75) is 13.5 Å². The highest BCUT2D eigenvalue weighted by Gasteiger charge is 2.26. The van der Waals surface area contributed by atoms with Crippen molar-refractivity contribution in [2.24, 2.45) is 0 Å². The van der Waals surface area contributed by atoms with Crippen molar-refractivity contribution in [3.8, 4) is 0 Å². The first-order chi connectivity index (χ1) is 10.9. The zero-order valence-corrected chi connectivity index (χ0v) is 14.5. The number of likely N-dealkylation sites (N-methyl/N-ethyl adjacent to an activating group) is 1. The smallest absolute Gasteiger partial charge is 0.237 e. The number of amides is 1. The fraction of sp³-hybridized carbons (Fsp3) is 0.600. The van der Waals surface area contributed by atoms with Gasteiger partial charge in [0.1, 0.15) is 0 Å². The van der Waals surface area contributed by atoms with Gasteiger partial charge in [-0.15, -0.1) is 0 Å². The summed E-state index contributed by atoms with van der Waals surface area (Å²) in [7, 11) is -3.46. The first-order valence-corrected chi connectivity index (χ1v) is 9.59. The van der Waals surface area contributed by atoms with Gasteiger partial charge >= 0.3 is 0 Å². The van der Waals surface area contributed by atoms with E-state index in [2.05, 4.69) is 16.8 Å². The standard InChI is InChI=1S/C15H24N4O3S/c1-3-17-7-9-18(10-8-17)15(20)13-19(23(2,21)22)12-14-5-4-6-16-11-14/h4-6,11H,3,7-10,12-13H2,1-2H3. The summed E-state index contributed by atoms with van der Waals surface area (Å²) in [5, 5.41) is 0. The molecule has 0 unspecified atom stereocenters. The van der Waals surface area contributed by atoms with Gasteiger partial charge in [-0.3, -0.25) is 9.78 Å². The van der Waals surface area contributed by atoms with E-state index in [1.807, 2.05) is 0 Å². The fourth-order valence-corrected chi connectivity index (χ4v) is 3.28. The van der Waals surface area contributed by atoms with Gasteiger partial charge in [0.25, 0.3) is 0 Å². The summed E-state index contributed by atoms with van der Waals surface area (Å²) < 4.78 is 25.2. The summed E-state index contributed by atoms with van der Waals surface area (Å²) in [5.74, 6) is -0.143. The Balaban J connectivity index is 1.99. The number of hydrogen-bond acceptors (Lipinski definition) is 5. The van der Waals surface area contributed by atoms with Crippen LogP contribution in [0.4, 0.5) is 0 Å². The minimum absolute atomic E-state index is 0.125. The maximum atomic E-state index is 12.4. The minimum Gasteiger partial charge on any atom is -0.339 e. The molecule has 0 radical (unpaired) electrons. The molecule has 1 fully saturated rings. The second-order valence-corrected chi connectivity index (χ2v) is 7.69. The lowest BCUT2D eigenvalue weighted by Crippen LogP contribution is -2.51. The third kappa shape index (κ3) is 5.26. The van der Waals surface area contributed by atoms with Crippen molar-refractivity contribution in [3.05, 3.63) is 30.1 Å². The van der Waals surface area contributed by atoms with Crippen molar-refractivity contribution >= 4 is 15.9 Å². The number of aromatic nitrogens is 1. The van der Waals surface area contributed by atoms with Crippen LogP contribution < -0.4 is 0 Å². The van der Waals surface area contributed by atoms with Gasteiger partial charge in [-0.1, -0.05) is 13.0 Å². The second-order valence-electron chi connectivity index (χ2n) is 5.71. The van der Waals surface area contributed by atoms with Crippen LogP contribution in [0.25, 0.3) is 0 Å². The molecule has 0 atom stereocenters. The Bertz CT molecular complexity index is 613. The molecule has 128 valence electrons. The second kappa shape index (κ2) is 7.85. The molecule has 8 heteroatoms. The third-order valence-electron chi connectivity index (χ3n) is 4.03. The highest BCUT2D eigenvalue weighted by atomic mass is 32.2. The average molecular weight is 340 g/mol. The molecular formula is C15H24N4O3S. The number of carbonyl (C=O) groups is 1. The van der Waals surface area contributed by atoms with Gasteiger partial charge < -0.3 is 9.80 Å². The van der Waals surface area contributed by atoms with Crippen LogP contribution in [0.5, 0.6) is 0 Å². The third-order valence-corrected chi connectivity index (χ3v) is 5.23. The molecule has 1 saturated heterocycles. The summed E-state index contributed by atoms with van der Waals surface area (Å²) >= 11 is 0. The van der Waals surface area contributed by atoms with Crippen LogP contribution in [0, 0.1) is 0 Å². The quantitative estimate of drug-likeness (QED) is 0.729. The Kier molecular flexibility index (Phi) is 6.09. The average Bonchev–Trinajstić information content (AvgIpc) is 2.54. The van der Waals surface area contributed by atoms with E-state index in [4.69, 9.17) is 0 Å². The van der Waals surface area contributed by atoms with E-state index in [0.29, 0.717) is 13.1 Å². The molecule has 0 aromatic carbocycles. The maximum absolute atomic E-state index is 12.4. The molecule has 0 N–H and O–H groups in total. The minimum atomic E-state index is -3.46. The van der Waals surface area contributed by atoms with Crippen molar-refractivity contribution in [1.29, 1.82) is 0 Å². The van der Waals surface area contributed by atoms with Crippen molar-refractivity contribution in [1.82, 2.24) is 19.1 Å². The molecular weight excluding hydrogens is 316 g/mol. The number of rotatable bonds is 6. The largest absolute Gasteiger partial charge is 0.339 e.